The van der Waals surface area contributed by atoms with Gasteiger partial charge in [-0.25, -0.2) is 17.9 Å². The second kappa shape index (κ2) is 10.2. The van der Waals surface area contributed by atoms with Gasteiger partial charge in [-0.1, -0.05) is 30.3 Å². The van der Waals surface area contributed by atoms with Gasteiger partial charge >= 0.3 is 0 Å². The lowest BCUT2D eigenvalue weighted by atomic mass is 9.94. The summed E-state index contributed by atoms with van der Waals surface area (Å²) in [5.74, 6) is -0.522. The first-order valence-electron chi connectivity index (χ1n) is 11.9. The van der Waals surface area contributed by atoms with Crippen LogP contribution in [0.15, 0.2) is 54.6 Å². The lowest BCUT2D eigenvalue weighted by molar-refractivity contribution is 0.0822. The van der Waals surface area contributed by atoms with Crippen LogP contribution in [0.2, 0.25) is 0 Å². The quantitative estimate of drug-likeness (QED) is 0.510. The molecule has 0 bridgehead atoms. The molecule has 3 aromatic rings. The SMILES string of the molecule is CN(C)C(=O)c1cc2c(c(-c3cccc(-c4ccc(F)cc4)c3)n1)[C@H](CCO)N([S@@](=O)C(C)(C)C)C2. The highest BCUT2D eigenvalue weighted by atomic mass is 32.2. The molecule has 0 aliphatic carbocycles. The smallest absolute Gasteiger partial charge is 0.271 e. The molecule has 2 aromatic carbocycles. The maximum absolute atomic E-state index is 13.5. The zero-order valence-electron chi connectivity index (χ0n) is 21.3. The molecule has 1 aliphatic rings. The van der Waals surface area contributed by atoms with Crippen molar-refractivity contribution in [2.24, 2.45) is 0 Å². The molecule has 2 heterocycles. The van der Waals surface area contributed by atoms with E-state index in [0.29, 0.717) is 24.4 Å². The van der Waals surface area contributed by atoms with Crippen LogP contribution in [0.5, 0.6) is 0 Å². The second-order valence-electron chi connectivity index (χ2n) is 10.2. The Bertz CT molecular complexity index is 1300. The Morgan fingerprint density at radius 1 is 1.11 bits per heavy atom. The van der Waals surface area contributed by atoms with Crippen LogP contribution in [0.4, 0.5) is 4.39 Å². The van der Waals surface area contributed by atoms with E-state index in [9.17, 15) is 18.5 Å². The van der Waals surface area contributed by atoms with Crippen molar-refractivity contribution < 1.29 is 18.5 Å². The number of fused-ring (bicyclic) bond motifs is 1. The molecule has 6 nitrogen and oxygen atoms in total. The van der Waals surface area contributed by atoms with Gasteiger partial charge in [0.05, 0.1) is 16.5 Å². The third-order valence-electron chi connectivity index (χ3n) is 6.23. The van der Waals surface area contributed by atoms with Gasteiger partial charge in [0.1, 0.15) is 22.5 Å². The highest BCUT2D eigenvalue weighted by Crippen LogP contribution is 2.44. The van der Waals surface area contributed by atoms with E-state index in [0.717, 1.165) is 27.8 Å². The standard InChI is InChI=1S/C28H32FN3O3S/c1-28(2,3)36(35)32-17-21-16-23(27(34)31(4)5)30-26(25(21)24(32)13-14-33)20-8-6-7-19(15-20)18-9-11-22(29)12-10-18/h6-12,15-16,24,33H,13-14,17H2,1-5H3/t24-,36-/m0/s1. The van der Waals surface area contributed by atoms with Gasteiger partial charge in [0.15, 0.2) is 0 Å². The predicted molar refractivity (Wildman–Crippen MR) is 141 cm³/mol. The molecule has 1 aliphatic heterocycles. The van der Waals surface area contributed by atoms with Crippen LogP contribution in [-0.4, -0.2) is 54.9 Å². The van der Waals surface area contributed by atoms with Gasteiger partial charge in [-0.3, -0.25) is 4.79 Å². The number of aliphatic hydroxyl groups excluding tert-OH is 1. The van der Waals surface area contributed by atoms with E-state index in [2.05, 4.69) is 0 Å². The first kappa shape index (κ1) is 26.1. The van der Waals surface area contributed by atoms with Crippen LogP contribution in [0.25, 0.3) is 22.4 Å². The average Bonchev–Trinajstić information content (AvgIpc) is 3.20. The van der Waals surface area contributed by atoms with Crippen molar-refractivity contribution in [1.82, 2.24) is 14.2 Å². The van der Waals surface area contributed by atoms with Gasteiger partial charge < -0.3 is 10.0 Å². The van der Waals surface area contributed by atoms with Gasteiger partial charge in [0, 0.05) is 38.4 Å². The van der Waals surface area contributed by atoms with E-state index in [1.54, 1.807) is 32.3 Å². The summed E-state index contributed by atoms with van der Waals surface area (Å²) in [5, 5.41) is 9.91. The number of aromatic nitrogens is 1. The number of rotatable bonds is 6. The summed E-state index contributed by atoms with van der Waals surface area (Å²) in [7, 11) is 2.03. The number of carbonyl (C=O) groups is 1. The first-order chi connectivity index (χ1) is 17.0. The largest absolute Gasteiger partial charge is 0.396 e. The minimum absolute atomic E-state index is 0.0740. The lowest BCUT2D eigenvalue weighted by Crippen LogP contribution is -2.36. The molecule has 8 heteroatoms. The van der Waals surface area contributed by atoms with Crippen LogP contribution in [0.3, 0.4) is 0 Å². The molecular formula is C28H32FN3O3S. The van der Waals surface area contributed by atoms with Crippen LogP contribution in [0.1, 0.15) is 54.8 Å². The summed E-state index contributed by atoms with van der Waals surface area (Å²) >= 11 is 0. The maximum atomic E-state index is 13.5. The number of halogens is 1. The Morgan fingerprint density at radius 2 is 1.78 bits per heavy atom. The predicted octanol–water partition coefficient (Wildman–Crippen LogP) is 4.96. The number of pyridine rings is 1. The number of aliphatic hydroxyl groups is 1. The average molecular weight is 510 g/mol. The van der Waals surface area contributed by atoms with Crippen molar-refractivity contribution in [1.29, 1.82) is 0 Å². The van der Waals surface area contributed by atoms with E-state index in [-0.39, 0.29) is 24.4 Å². The van der Waals surface area contributed by atoms with Gasteiger partial charge in [0.25, 0.3) is 5.91 Å². The molecule has 1 N–H and O–H groups in total. The van der Waals surface area contributed by atoms with Gasteiger partial charge in [-0.15, -0.1) is 0 Å². The molecular weight excluding hydrogens is 477 g/mol. The normalized spacial score (nSPS) is 16.6. The fraction of sp³-hybridized carbons (Fsp3) is 0.357. The number of benzene rings is 2. The summed E-state index contributed by atoms with van der Waals surface area (Å²) < 4.78 is 28.4. The Hall–Kier alpha value is -2.94. The van der Waals surface area contributed by atoms with E-state index >= 15 is 0 Å². The lowest BCUT2D eigenvalue weighted by Gasteiger charge is -2.30. The van der Waals surface area contributed by atoms with Crippen LogP contribution in [-0.2, 0) is 17.5 Å². The number of hydrogen-bond donors (Lipinski definition) is 1. The fourth-order valence-corrected chi connectivity index (χ4v) is 5.92. The molecule has 0 spiro atoms. The molecule has 1 aromatic heterocycles. The Morgan fingerprint density at radius 3 is 2.39 bits per heavy atom. The summed E-state index contributed by atoms with van der Waals surface area (Å²) in [6, 6.07) is 15.5. The number of nitrogens with zero attached hydrogens (tertiary/aromatic N) is 3. The Kier molecular flexibility index (Phi) is 7.41. The zero-order valence-corrected chi connectivity index (χ0v) is 22.1. The molecule has 36 heavy (non-hydrogen) atoms. The molecule has 0 saturated carbocycles. The molecule has 0 saturated heterocycles. The number of carbonyl (C=O) groups excluding carboxylic acids is 1. The molecule has 0 fully saturated rings. The van der Waals surface area contributed by atoms with E-state index in [1.807, 2.05) is 49.3 Å². The van der Waals surface area contributed by atoms with Crippen LogP contribution < -0.4 is 0 Å². The van der Waals surface area contributed by atoms with Crippen molar-refractivity contribution in [3.05, 3.63) is 77.2 Å². The van der Waals surface area contributed by atoms with Gasteiger partial charge in [0.2, 0.25) is 0 Å². The molecule has 2 atom stereocenters. The van der Waals surface area contributed by atoms with Crippen molar-refractivity contribution >= 4 is 16.9 Å². The topological polar surface area (TPSA) is 73.7 Å². The molecule has 1 amide bonds. The van der Waals surface area contributed by atoms with Crippen molar-refractivity contribution in [2.45, 2.75) is 44.5 Å². The Labute approximate surface area is 214 Å². The van der Waals surface area contributed by atoms with E-state index < -0.39 is 15.7 Å². The molecule has 0 radical (unpaired) electrons. The Balaban J connectivity index is 1.91. The van der Waals surface area contributed by atoms with Gasteiger partial charge in [-0.05, 0) is 68.1 Å². The summed E-state index contributed by atoms with van der Waals surface area (Å²) in [5.41, 5.74) is 5.26. The van der Waals surface area contributed by atoms with Gasteiger partial charge in [-0.2, -0.15) is 0 Å². The number of hydrogen-bond acceptors (Lipinski definition) is 4. The second-order valence-corrected chi connectivity index (χ2v) is 12.4. The highest BCUT2D eigenvalue weighted by Gasteiger charge is 2.40. The first-order valence-corrected chi connectivity index (χ1v) is 13.0. The highest BCUT2D eigenvalue weighted by molar-refractivity contribution is 7.84. The van der Waals surface area contributed by atoms with Crippen molar-refractivity contribution in [2.75, 3.05) is 20.7 Å². The molecule has 0 unspecified atom stereocenters. The minimum atomic E-state index is -1.33. The summed E-state index contributed by atoms with van der Waals surface area (Å²) in [6.45, 7) is 6.09. The zero-order chi connectivity index (χ0) is 26.2. The third-order valence-corrected chi connectivity index (χ3v) is 8.09. The number of amides is 1. The van der Waals surface area contributed by atoms with E-state index in [4.69, 9.17) is 4.98 Å². The maximum Gasteiger partial charge on any atom is 0.271 e. The van der Waals surface area contributed by atoms with Crippen LogP contribution >= 0.6 is 0 Å². The molecule has 190 valence electrons. The molecule has 4 rings (SSSR count). The summed E-state index contributed by atoms with van der Waals surface area (Å²) in [4.78, 5) is 19.2. The minimum Gasteiger partial charge on any atom is -0.396 e. The van der Waals surface area contributed by atoms with Crippen LogP contribution in [0, 0.1) is 5.82 Å². The van der Waals surface area contributed by atoms with Crippen molar-refractivity contribution in [3.63, 3.8) is 0 Å². The van der Waals surface area contributed by atoms with Crippen molar-refractivity contribution in [3.8, 4) is 22.4 Å². The van der Waals surface area contributed by atoms with E-state index in [1.165, 1.54) is 17.0 Å². The monoisotopic (exact) mass is 509 g/mol. The summed E-state index contributed by atoms with van der Waals surface area (Å²) in [6.07, 6.45) is 0.391. The third kappa shape index (κ3) is 5.12. The fourth-order valence-electron chi connectivity index (χ4n) is 4.52.